The summed E-state index contributed by atoms with van der Waals surface area (Å²) >= 11 is 0. The van der Waals surface area contributed by atoms with Crippen LogP contribution in [0.5, 0.6) is 0 Å². The number of amides is 2. The van der Waals surface area contributed by atoms with Crippen molar-refractivity contribution in [2.24, 2.45) is 16.8 Å². The van der Waals surface area contributed by atoms with Gasteiger partial charge in [-0.25, -0.2) is 4.99 Å². The van der Waals surface area contributed by atoms with E-state index in [4.69, 9.17) is 0 Å². The van der Waals surface area contributed by atoms with Gasteiger partial charge in [0.15, 0.2) is 5.96 Å². The Morgan fingerprint density at radius 3 is 2.56 bits per heavy atom. The molecule has 1 heterocycles. The number of halogens is 1. The number of guanidine groups is 1. The molecule has 0 aromatic rings. The second-order valence-corrected chi connectivity index (χ2v) is 7.46. The highest BCUT2D eigenvalue weighted by molar-refractivity contribution is 14.0. The Kier molecular flexibility index (Phi) is 8.95. The predicted octanol–water partition coefficient (Wildman–Crippen LogP) is 0.895. The first-order valence-corrected chi connectivity index (χ1v) is 8.88. The standard InChI is InChI=1S/C17H31N5O2.HI/c1-12(2)8-18-17(20-10-16(24)21(3)4)19-9-13-7-15(23)22(11-13)14-5-6-14;/h12-14H,5-11H2,1-4H3,(H2,18,19,20);1H. The molecule has 1 atom stereocenters. The number of hydrogen-bond donors (Lipinski definition) is 2. The molecule has 2 amide bonds. The SMILES string of the molecule is CC(C)CNC(=NCC(=O)N(C)C)NCC1CC(=O)N(C2CC2)C1.I. The zero-order valence-corrected chi connectivity index (χ0v) is 18.1. The summed E-state index contributed by atoms with van der Waals surface area (Å²) in [6.45, 7) is 6.70. The highest BCUT2D eigenvalue weighted by atomic mass is 127. The van der Waals surface area contributed by atoms with Gasteiger partial charge in [-0.05, 0) is 18.8 Å². The number of carbonyl (C=O) groups is 2. The summed E-state index contributed by atoms with van der Waals surface area (Å²) in [7, 11) is 3.45. The first kappa shape index (κ1) is 22.0. The van der Waals surface area contributed by atoms with E-state index >= 15 is 0 Å². The van der Waals surface area contributed by atoms with Gasteiger partial charge in [-0.15, -0.1) is 24.0 Å². The minimum absolute atomic E-state index is 0. The van der Waals surface area contributed by atoms with Gasteiger partial charge in [0, 0.05) is 52.1 Å². The molecule has 7 nitrogen and oxygen atoms in total. The molecule has 2 rings (SSSR count). The normalized spacial score (nSPS) is 20.5. The average Bonchev–Trinajstić information content (AvgIpc) is 3.29. The average molecular weight is 465 g/mol. The minimum atomic E-state index is -0.0309. The van der Waals surface area contributed by atoms with Gasteiger partial charge in [-0.1, -0.05) is 13.8 Å². The van der Waals surface area contributed by atoms with Gasteiger partial charge in [0.25, 0.3) is 0 Å². The maximum absolute atomic E-state index is 12.0. The molecule has 0 aromatic heterocycles. The van der Waals surface area contributed by atoms with E-state index in [1.165, 1.54) is 4.90 Å². The molecule has 25 heavy (non-hydrogen) atoms. The maximum Gasteiger partial charge on any atom is 0.243 e. The molecule has 0 spiro atoms. The highest BCUT2D eigenvalue weighted by Crippen LogP contribution is 2.32. The van der Waals surface area contributed by atoms with Crippen LogP contribution < -0.4 is 10.6 Å². The van der Waals surface area contributed by atoms with Crippen LogP contribution in [-0.4, -0.2) is 73.9 Å². The van der Waals surface area contributed by atoms with Crippen LogP contribution >= 0.6 is 24.0 Å². The van der Waals surface area contributed by atoms with E-state index in [2.05, 4.69) is 29.5 Å². The summed E-state index contributed by atoms with van der Waals surface area (Å²) in [5, 5.41) is 6.57. The molecule has 2 aliphatic rings. The summed E-state index contributed by atoms with van der Waals surface area (Å²) < 4.78 is 0. The van der Waals surface area contributed by atoms with Crippen LogP contribution in [-0.2, 0) is 9.59 Å². The zero-order chi connectivity index (χ0) is 17.7. The van der Waals surface area contributed by atoms with Crippen molar-refractivity contribution in [2.75, 3.05) is 40.3 Å². The fraction of sp³-hybridized carbons (Fsp3) is 0.824. The first-order chi connectivity index (χ1) is 11.4. The van der Waals surface area contributed by atoms with Crippen LogP contribution in [0.4, 0.5) is 0 Å². The largest absolute Gasteiger partial charge is 0.356 e. The van der Waals surface area contributed by atoms with Crippen molar-refractivity contribution < 1.29 is 9.59 Å². The van der Waals surface area contributed by atoms with Crippen molar-refractivity contribution in [3.8, 4) is 0 Å². The summed E-state index contributed by atoms with van der Waals surface area (Å²) in [6.07, 6.45) is 2.92. The lowest BCUT2D eigenvalue weighted by Crippen LogP contribution is -2.42. The van der Waals surface area contributed by atoms with Crippen LogP contribution in [0.1, 0.15) is 33.1 Å². The first-order valence-electron chi connectivity index (χ1n) is 8.88. The number of nitrogens with one attached hydrogen (secondary N) is 2. The molecular formula is C17H32IN5O2. The topological polar surface area (TPSA) is 77.0 Å². The third kappa shape index (κ3) is 7.37. The smallest absolute Gasteiger partial charge is 0.243 e. The van der Waals surface area contributed by atoms with E-state index in [0.29, 0.717) is 36.8 Å². The Bertz CT molecular complexity index is 491. The quantitative estimate of drug-likeness (QED) is 0.333. The van der Waals surface area contributed by atoms with Crippen molar-refractivity contribution in [3.63, 3.8) is 0 Å². The van der Waals surface area contributed by atoms with E-state index in [-0.39, 0.29) is 42.3 Å². The molecule has 1 saturated heterocycles. The van der Waals surface area contributed by atoms with Gasteiger partial charge in [-0.3, -0.25) is 9.59 Å². The predicted molar refractivity (Wildman–Crippen MR) is 110 cm³/mol. The van der Waals surface area contributed by atoms with Gasteiger partial charge >= 0.3 is 0 Å². The Morgan fingerprint density at radius 2 is 2.00 bits per heavy atom. The number of rotatable bonds is 7. The number of aliphatic imine (C=N–C) groups is 1. The van der Waals surface area contributed by atoms with E-state index in [0.717, 1.165) is 25.9 Å². The molecule has 144 valence electrons. The zero-order valence-electron chi connectivity index (χ0n) is 15.7. The monoisotopic (exact) mass is 465 g/mol. The molecule has 1 aliphatic carbocycles. The van der Waals surface area contributed by atoms with Gasteiger partial charge in [0.2, 0.25) is 11.8 Å². The molecule has 1 unspecified atom stereocenters. The van der Waals surface area contributed by atoms with Gasteiger partial charge in [0.1, 0.15) is 6.54 Å². The molecule has 0 bridgehead atoms. The molecule has 2 fully saturated rings. The molecule has 1 saturated carbocycles. The lowest BCUT2D eigenvalue weighted by Gasteiger charge is -2.18. The van der Waals surface area contributed by atoms with E-state index in [9.17, 15) is 9.59 Å². The number of carbonyl (C=O) groups excluding carboxylic acids is 2. The van der Waals surface area contributed by atoms with Crippen LogP contribution in [0, 0.1) is 11.8 Å². The summed E-state index contributed by atoms with van der Waals surface area (Å²) in [6, 6.07) is 0.493. The Labute approximate surface area is 168 Å². The van der Waals surface area contributed by atoms with Crippen molar-refractivity contribution >= 4 is 41.8 Å². The van der Waals surface area contributed by atoms with Crippen LogP contribution in [0.15, 0.2) is 4.99 Å². The Morgan fingerprint density at radius 1 is 1.32 bits per heavy atom. The molecular weight excluding hydrogens is 433 g/mol. The molecule has 8 heteroatoms. The fourth-order valence-electron chi connectivity index (χ4n) is 2.69. The third-order valence-electron chi connectivity index (χ3n) is 4.33. The maximum atomic E-state index is 12.0. The molecule has 2 N–H and O–H groups in total. The van der Waals surface area contributed by atoms with Crippen LogP contribution in [0.3, 0.4) is 0 Å². The van der Waals surface area contributed by atoms with Crippen LogP contribution in [0.2, 0.25) is 0 Å². The fourth-order valence-corrected chi connectivity index (χ4v) is 2.69. The van der Waals surface area contributed by atoms with Crippen molar-refractivity contribution in [3.05, 3.63) is 0 Å². The summed E-state index contributed by atoms with van der Waals surface area (Å²) in [5.41, 5.74) is 0. The van der Waals surface area contributed by atoms with Gasteiger partial charge in [0.05, 0.1) is 0 Å². The van der Waals surface area contributed by atoms with E-state index in [1.807, 2.05) is 4.90 Å². The Hall–Kier alpha value is -1.06. The molecule has 1 aliphatic heterocycles. The third-order valence-corrected chi connectivity index (χ3v) is 4.33. The second-order valence-electron chi connectivity index (χ2n) is 7.46. The van der Waals surface area contributed by atoms with E-state index < -0.39 is 0 Å². The van der Waals surface area contributed by atoms with E-state index in [1.54, 1.807) is 14.1 Å². The van der Waals surface area contributed by atoms with Gasteiger partial charge < -0.3 is 20.4 Å². The van der Waals surface area contributed by atoms with Crippen molar-refractivity contribution in [1.29, 1.82) is 0 Å². The lowest BCUT2D eigenvalue weighted by molar-refractivity contribution is -0.128. The Balaban J connectivity index is 0.00000312. The van der Waals surface area contributed by atoms with Crippen LogP contribution in [0.25, 0.3) is 0 Å². The van der Waals surface area contributed by atoms with Crippen molar-refractivity contribution in [1.82, 2.24) is 20.4 Å². The molecule has 0 radical (unpaired) electrons. The number of hydrogen-bond acceptors (Lipinski definition) is 3. The number of likely N-dealkylation sites (N-methyl/N-ethyl adjacent to an activating group) is 1. The lowest BCUT2D eigenvalue weighted by atomic mass is 10.1. The highest BCUT2D eigenvalue weighted by Gasteiger charge is 2.39. The molecule has 0 aromatic carbocycles. The number of likely N-dealkylation sites (tertiary alicyclic amines) is 1. The minimum Gasteiger partial charge on any atom is -0.356 e. The van der Waals surface area contributed by atoms with Crippen molar-refractivity contribution in [2.45, 2.75) is 39.2 Å². The summed E-state index contributed by atoms with van der Waals surface area (Å²) in [5.74, 6) is 1.70. The second kappa shape index (κ2) is 10.2. The number of nitrogens with zero attached hydrogens (tertiary/aromatic N) is 3. The summed E-state index contributed by atoms with van der Waals surface area (Å²) in [4.78, 5) is 31.7. The van der Waals surface area contributed by atoms with Gasteiger partial charge in [-0.2, -0.15) is 0 Å².